The first-order valence-electron chi connectivity index (χ1n) is 6.03. The lowest BCUT2D eigenvalue weighted by Gasteiger charge is -2.05. The van der Waals surface area contributed by atoms with Gasteiger partial charge >= 0.3 is 5.97 Å². The first kappa shape index (κ1) is 13.5. The van der Waals surface area contributed by atoms with Crippen LogP contribution in [-0.2, 0) is 11.2 Å². The van der Waals surface area contributed by atoms with Crippen LogP contribution in [0, 0.1) is 6.92 Å². The van der Waals surface area contributed by atoms with Gasteiger partial charge in [0.2, 0.25) is 0 Å². The standard InChI is InChI=1S/C14H16N2O2S/c1-10-5-3-4-6-11(10)7-8-15-14-16-9-12(19-14)13(17)18-2/h3-6,9H,7-8H2,1-2H3,(H,15,16). The Morgan fingerprint density at radius 2 is 2.21 bits per heavy atom. The van der Waals surface area contributed by atoms with Gasteiger partial charge in [-0.1, -0.05) is 35.6 Å². The average molecular weight is 276 g/mol. The van der Waals surface area contributed by atoms with Crippen molar-refractivity contribution in [3.63, 3.8) is 0 Å². The molecule has 19 heavy (non-hydrogen) atoms. The average Bonchev–Trinajstić information content (AvgIpc) is 2.89. The maximum Gasteiger partial charge on any atom is 0.349 e. The van der Waals surface area contributed by atoms with Crippen molar-refractivity contribution in [2.45, 2.75) is 13.3 Å². The molecule has 1 N–H and O–H groups in total. The Labute approximate surface area is 116 Å². The third kappa shape index (κ3) is 3.54. The fourth-order valence-corrected chi connectivity index (χ4v) is 2.51. The van der Waals surface area contributed by atoms with E-state index in [-0.39, 0.29) is 5.97 Å². The SMILES string of the molecule is COC(=O)c1cnc(NCCc2ccccc2C)s1. The molecule has 4 nitrogen and oxygen atoms in total. The minimum absolute atomic E-state index is 0.343. The van der Waals surface area contributed by atoms with Crippen LogP contribution < -0.4 is 5.32 Å². The number of carbonyl (C=O) groups is 1. The molecule has 0 atom stereocenters. The number of methoxy groups -OCH3 is 1. The minimum Gasteiger partial charge on any atom is -0.465 e. The summed E-state index contributed by atoms with van der Waals surface area (Å²) in [6, 6.07) is 8.31. The maximum atomic E-state index is 11.3. The summed E-state index contributed by atoms with van der Waals surface area (Å²) in [6.07, 6.45) is 2.46. The molecule has 0 aliphatic heterocycles. The monoisotopic (exact) mass is 276 g/mol. The molecule has 0 unspecified atom stereocenters. The third-order valence-electron chi connectivity index (χ3n) is 2.82. The minimum atomic E-state index is -0.343. The van der Waals surface area contributed by atoms with E-state index >= 15 is 0 Å². The maximum absolute atomic E-state index is 11.3. The van der Waals surface area contributed by atoms with Gasteiger partial charge in [-0.2, -0.15) is 0 Å². The number of hydrogen-bond acceptors (Lipinski definition) is 5. The van der Waals surface area contributed by atoms with E-state index in [1.165, 1.54) is 35.8 Å². The Hall–Kier alpha value is -1.88. The van der Waals surface area contributed by atoms with E-state index in [0.29, 0.717) is 4.88 Å². The van der Waals surface area contributed by atoms with Gasteiger partial charge in [0.15, 0.2) is 5.13 Å². The lowest BCUT2D eigenvalue weighted by atomic mass is 10.1. The number of rotatable bonds is 5. The van der Waals surface area contributed by atoms with Crippen LogP contribution >= 0.6 is 11.3 Å². The normalized spacial score (nSPS) is 10.2. The van der Waals surface area contributed by atoms with Gasteiger partial charge < -0.3 is 10.1 Å². The third-order valence-corrected chi connectivity index (χ3v) is 3.76. The summed E-state index contributed by atoms with van der Waals surface area (Å²) in [7, 11) is 1.37. The van der Waals surface area contributed by atoms with E-state index in [9.17, 15) is 4.79 Å². The zero-order valence-corrected chi connectivity index (χ0v) is 11.8. The fraction of sp³-hybridized carbons (Fsp3) is 0.286. The first-order valence-corrected chi connectivity index (χ1v) is 6.85. The molecule has 5 heteroatoms. The van der Waals surface area contributed by atoms with E-state index in [0.717, 1.165) is 18.1 Å². The number of aromatic nitrogens is 1. The highest BCUT2D eigenvalue weighted by atomic mass is 32.1. The van der Waals surface area contributed by atoms with Crippen LogP contribution in [0.25, 0.3) is 0 Å². The zero-order chi connectivity index (χ0) is 13.7. The van der Waals surface area contributed by atoms with Gasteiger partial charge in [-0.25, -0.2) is 9.78 Å². The van der Waals surface area contributed by atoms with Crippen molar-refractivity contribution in [1.29, 1.82) is 0 Å². The number of nitrogens with zero attached hydrogens (tertiary/aromatic N) is 1. The van der Waals surface area contributed by atoms with E-state index in [1.54, 1.807) is 0 Å². The van der Waals surface area contributed by atoms with Crippen molar-refractivity contribution >= 4 is 22.4 Å². The molecule has 1 aromatic carbocycles. The molecule has 1 heterocycles. The number of anilines is 1. The molecule has 0 amide bonds. The second-order valence-electron chi connectivity index (χ2n) is 4.12. The Kier molecular flexibility index (Phi) is 4.52. The summed E-state index contributed by atoms with van der Waals surface area (Å²) in [5.41, 5.74) is 2.61. The van der Waals surface area contributed by atoms with E-state index in [1.807, 2.05) is 12.1 Å². The van der Waals surface area contributed by atoms with Gasteiger partial charge in [0.1, 0.15) is 4.88 Å². The van der Waals surface area contributed by atoms with Gasteiger partial charge in [0.05, 0.1) is 13.3 Å². The molecule has 0 fully saturated rings. The van der Waals surface area contributed by atoms with E-state index < -0.39 is 0 Å². The Bertz CT molecular complexity index is 566. The molecule has 0 bridgehead atoms. The topological polar surface area (TPSA) is 51.2 Å². The summed E-state index contributed by atoms with van der Waals surface area (Å²) in [5.74, 6) is -0.343. The summed E-state index contributed by atoms with van der Waals surface area (Å²) in [5, 5.41) is 3.96. The van der Waals surface area contributed by atoms with Crippen LogP contribution in [-0.4, -0.2) is 24.6 Å². The van der Waals surface area contributed by atoms with E-state index in [2.05, 4.69) is 34.1 Å². The molecule has 2 aromatic rings. The summed E-state index contributed by atoms with van der Waals surface area (Å²) < 4.78 is 4.64. The van der Waals surface area contributed by atoms with Crippen molar-refractivity contribution in [3.8, 4) is 0 Å². The number of benzene rings is 1. The molecule has 0 aliphatic rings. The summed E-state index contributed by atoms with van der Waals surface area (Å²) in [6.45, 7) is 2.90. The second-order valence-corrected chi connectivity index (χ2v) is 5.16. The largest absolute Gasteiger partial charge is 0.465 e. The molecule has 1 aromatic heterocycles. The predicted molar refractivity (Wildman–Crippen MR) is 76.8 cm³/mol. The van der Waals surface area contributed by atoms with Crippen molar-refractivity contribution in [2.24, 2.45) is 0 Å². The van der Waals surface area contributed by atoms with Gasteiger partial charge in [-0.05, 0) is 24.5 Å². The van der Waals surface area contributed by atoms with Crippen LogP contribution in [0.3, 0.4) is 0 Å². The van der Waals surface area contributed by atoms with Crippen LogP contribution in [0.1, 0.15) is 20.8 Å². The Balaban J connectivity index is 1.88. The molecule has 0 saturated heterocycles. The van der Waals surface area contributed by atoms with Gasteiger partial charge in [0, 0.05) is 6.54 Å². The molecular weight excluding hydrogens is 260 g/mol. The zero-order valence-electron chi connectivity index (χ0n) is 11.0. The number of hydrogen-bond donors (Lipinski definition) is 1. The van der Waals surface area contributed by atoms with Gasteiger partial charge in [-0.15, -0.1) is 0 Å². The quantitative estimate of drug-likeness (QED) is 0.853. The number of thiazole rings is 1. The Morgan fingerprint density at radius 1 is 1.42 bits per heavy atom. The highest BCUT2D eigenvalue weighted by Crippen LogP contribution is 2.18. The molecule has 100 valence electrons. The van der Waals surface area contributed by atoms with Crippen molar-refractivity contribution < 1.29 is 9.53 Å². The fourth-order valence-electron chi connectivity index (χ4n) is 1.75. The second kappa shape index (κ2) is 6.33. The van der Waals surface area contributed by atoms with Crippen molar-refractivity contribution in [2.75, 3.05) is 19.0 Å². The van der Waals surface area contributed by atoms with Crippen LogP contribution in [0.5, 0.6) is 0 Å². The van der Waals surface area contributed by atoms with Gasteiger partial charge in [0.25, 0.3) is 0 Å². The molecule has 0 aliphatic carbocycles. The predicted octanol–water partition coefficient (Wildman–Crippen LogP) is 2.89. The van der Waals surface area contributed by atoms with Crippen molar-refractivity contribution in [3.05, 3.63) is 46.5 Å². The number of aryl methyl sites for hydroxylation is 1. The van der Waals surface area contributed by atoms with Crippen LogP contribution in [0.4, 0.5) is 5.13 Å². The van der Waals surface area contributed by atoms with Crippen LogP contribution in [0.2, 0.25) is 0 Å². The molecule has 0 radical (unpaired) electrons. The molecule has 0 saturated carbocycles. The summed E-state index contributed by atoms with van der Waals surface area (Å²) >= 11 is 1.31. The number of esters is 1. The van der Waals surface area contributed by atoms with E-state index in [4.69, 9.17) is 0 Å². The highest BCUT2D eigenvalue weighted by Gasteiger charge is 2.09. The first-order chi connectivity index (χ1) is 9.20. The lowest BCUT2D eigenvalue weighted by molar-refractivity contribution is 0.0606. The lowest BCUT2D eigenvalue weighted by Crippen LogP contribution is -2.05. The number of ether oxygens (including phenoxy) is 1. The van der Waals surface area contributed by atoms with Crippen molar-refractivity contribution in [1.82, 2.24) is 4.98 Å². The molecule has 2 rings (SSSR count). The molecule has 0 spiro atoms. The Morgan fingerprint density at radius 3 is 2.95 bits per heavy atom. The smallest absolute Gasteiger partial charge is 0.349 e. The highest BCUT2D eigenvalue weighted by molar-refractivity contribution is 7.17. The number of nitrogens with one attached hydrogen (secondary N) is 1. The number of carbonyl (C=O) groups excluding carboxylic acids is 1. The van der Waals surface area contributed by atoms with Crippen LogP contribution in [0.15, 0.2) is 30.5 Å². The van der Waals surface area contributed by atoms with Gasteiger partial charge in [-0.3, -0.25) is 0 Å². The summed E-state index contributed by atoms with van der Waals surface area (Å²) in [4.78, 5) is 15.9. The molecular formula is C14H16N2O2S.